The van der Waals surface area contributed by atoms with E-state index in [1.807, 2.05) is 96.8 Å². The largest absolute Gasteiger partial charge is 0.493 e. The van der Waals surface area contributed by atoms with Crippen LogP contribution in [0.15, 0.2) is 76.0 Å². The lowest BCUT2D eigenvalue weighted by molar-refractivity contribution is 0.0708. The number of hydrogen-bond acceptors (Lipinski definition) is 17. The van der Waals surface area contributed by atoms with Crippen molar-refractivity contribution in [3.8, 4) is 33.8 Å². The maximum absolute atomic E-state index is 13.2. The monoisotopic (exact) mass is 1180 g/mol. The quantitative estimate of drug-likeness (QED) is 0.0522. The van der Waals surface area contributed by atoms with E-state index < -0.39 is 28.1 Å². The third kappa shape index (κ3) is 14.1. The van der Waals surface area contributed by atoms with E-state index >= 15 is 0 Å². The van der Waals surface area contributed by atoms with E-state index in [1.54, 1.807) is 6.20 Å². The number of rotatable bonds is 15. The predicted molar refractivity (Wildman–Crippen MR) is 304 cm³/mol. The number of nitrogens with one attached hydrogen (secondary N) is 2. The van der Waals surface area contributed by atoms with Gasteiger partial charge >= 0.3 is 0 Å². The van der Waals surface area contributed by atoms with Gasteiger partial charge in [-0.1, -0.05) is 19.6 Å². The van der Waals surface area contributed by atoms with Crippen molar-refractivity contribution < 1.29 is 31.0 Å². The van der Waals surface area contributed by atoms with Gasteiger partial charge in [-0.2, -0.15) is 18.6 Å². The molecule has 416 valence electrons. The number of hydrogen-bond donors (Lipinski definition) is 3. The number of fused-ring (bicyclic) bond motifs is 2. The number of aromatic nitrogens is 8. The van der Waals surface area contributed by atoms with Crippen LogP contribution in [0.4, 0.5) is 17.3 Å². The highest BCUT2D eigenvalue weighted by atomic mass is 79.9. The zero-order valence-corrected chi connectivity index (χ0v) is 49.8. The summed E-state index contributed by atoms with van der Waals surface area (Å²) in [6.45, 7) is 14.7. The summed E-state index contributed by atoms with van der Waals surface area (Å²) in [5.41, 5.74) is 16.1. The maximum Gasteiger partial charge on any atom is 0.278 e. The molecule has 4 aromatic heterocycles. The summed E-state index contributed by atoms with van der Waals surface area (Å²) in [6, 6.07) is 17.8. The molecule has 0 saturated carbocycles. The van der Waals surface area contributed by atoms with Crippen LogP contribution in [0.2, 0.25) is 25.7 Å². The second kappa shape index (κ2) is 24.7. The zero-order valence-electron chi connectivity index (χ0n) is 45.6. The van der Waals surface area contributed by atoms with Gasteiger partial charge in [0.1, 0.15) is 18.2 Å². The second-order valence-electron chi connectivity index (χ2n) is 21.3. The fraction of sp³-hybridized carbons (Fsp3) is 0.500. The van der Waals surface area contributed by atoms with Crippen molar-refractivity contribution in [2.45, 2.75) is 107 Å². The van der Waals surface area contributed by atoms with Crippen molar-refractivity contribution in [1.82, 2.24) is 58.3 Å². The van der Waals surface area contributed by atoms with Gasteiger partial charge in [0, 0.05) is 118 Å². The van der Waals surface area contributed by atoms with Crippen LogP contribution in [0.1, 0.15) is 48.2 Å². The number of benzene rings is 2. The molecule has 10 rings (SSSR count). The fourth-order valence-electron chi connectivity index (χ4n) is 9.71. The van der Waals surface area contributed by atoms with Crippen LogP contribution < -0.4 is 20.5 Å². The molecule has 8 heterocycles. The number of aryl methyl sites for hydroxylation is 2. The number of piperidine rings is 2. The summed E-state index contributed by atoms with van der Waals surface area (Å²) in [7, 11) is -0.522. The smallest absolute Gasteiger partial charge is 0.278 e. The molecule has 2 aromatic carbocycles. The molecule has 21 nitrogen and oxygen atoms in total. The molecule has 4 aliphatic heterocycles. The topological polar surface area (TPSA) is 245 Å². The van der Waals surface area contributed by atoms with Crippen molar-refractivity contribution in [2.75, 3.05) is 85.2 Å². The molecular weight excluding hydrogens is 1100 g/mol. The Morgan fingerprint density at radius 3 is 1.86 bits per heavy atom. The third-order valence-corrected chi connectivity index (χ3v) is 19.8. The van der Waals surface area contributed by atoms with Crippen molar-refractivity contribution in [3.63, 3.8) is 0 Å². The highest BCUT2D eigenvalue weighted by molar-refractivity contribution is 9.10. The lowest BCUT2D eigenvalue weighted by Gasteiger charge is -2.34. The minimum Gasteiger partial charge on any atom is -0.493 e. The van der Waals surface area contributed by atoms with Gasteiger partial charge in [-0.15, -0.1) is 10.2 Å². The molecule has 4 N–H and O–H groups in total. The number of anilines is 3. The summed E-state index contributed by atoms with van der Waals surface area (Å²) in [5, 5.41) is 14.0. The number of aromatic amines is 1. The van der Waals surface area contributed by atoms with Gasteiger partial charge in [0.2, 0.25) is 10.7 Å². The lowest BCUT2D eigenvalue weighted by Crippen LogP contribution is -2.45. The minimum absolute atomic E-state index is 0.0549. The molecule has 0 aliphatic carbocycles. The molecule has 77 heavy (non-hydrogen) atoms. The van der Waals surface area contributed by atoms with Gasteiger partial charge in [0.15, 0.2) is 0 Å². The third-order valence-electron chi connectivity index (χ3n) is 14.2. The molecule has 2 saturated heterocycles. The van der Waals surface area contributed by atoms with Crippen LogP contribution in [-0.4, -0.2) is 170 Å². The summed E-state index contributed by atoms with van der Waals surface area (Å²) in [4.78, 5) is 21.2. The van der Waals surface area contributed by atoms with E-state index in [2.05, 4.69) is 85.9 Å². The van der Waals surface area contributed by atoms with E-state index in [1.165, 1.54) is 13.3 Å². The van der Waals surface area contributed by atoms with E-state index in [0.717, 1.165) is 119 Å². The Bertz CT molecular complexity index is 3230. The fourth-order valence-corrected chi connectivity index (χ4v) is 13.7. The summed E-state index contributed by atoms with van der Waals surface area (Å²) in [6.07, 6.45) is 8.43. The van der Waals surface area contributed by atoms with E-state index in [0.29, 0.717) is 51.5 Å². The van der Waals surface area contributed by atoms with Crippen LogP contribution in [-0.2, 0) is 44.4 Å². The van der Waals surface area contributed by atoms with Crippen molar-refractivity contribution in [1.29, 1.82) is 0 Å². The van der Waals surface area contributed by atoms with Crippen molar-refractivity contribution in [3.05, 3.63) is 88.2 Å². The molecule has 0 unspecified atom stereocenters. The molecule has 25 heteroatoms. The summed E-state index contributed by atoms with van der Waals surface area (Å²) in [5.74, 6) is 1.94. The summed E-state index contributed by atoms with van der Waals surface area (Å²) >= 11 is 3.19. The Labute approximate surface area is 462 Å². The van der Waals surface area contributed by atoms with Crippen LogP contribution in [0.3, 0.4) is 0 Å². The number of halogens is 1. The minimum atomic E-state index is -3.75. The van der Waals surface area contributed by atoms with Crippen molar-refractivity contribution >= 4 is 61.4 Å². The second-order valence-corrected chi connectivity index (χ2v) is 31.4. The Balaban J connectivity index is 0.000000161. The Kier molecular flexibility index (Phi) is 18.6. The number of pyridine rings is 2. The van der Waals surface area contributed by atoms with Gasteiger partial charge in [-0.25, -0.2) is 26.6 Å². The van der Waals surface area contributed by atoms with Crippen LogP contribution in [0.5, 0.6) is 11.5 Å². The van der Waals surface area contributed by atoms with E-state index in [9.17, 15) is 16.8 Å². The molecule has 2 fully saturated rings. The predicted octanol–water partition coefficient (Wildman–Crippen LogP) is 7.21. The molecule has 6 aromatic rings. The molecule has 0 amide bonds. The normalized spacial score (nSPS) is 16.5. The Morgan fingerprint density at radius 1 is 0.766 bits per heavy atom. The van der Waals surface area contributed by atoms with Crippen LogP contribution >= 0.6 is 15.9 Å². The zero-order chi connectivity index (χ0) is 55.2. The van der Waals surface area contributed by atoms with E-state index in [4.69, 9.17) is 19.9 Å². The molecular formula is C52H73BrN14O7S2Si. The van der Waals surface area contributed by atoms with Gasteiger partial charge in [-0.05, 0) is 149 Å². The van der Waals surface area contributed by atoms with Gasteiger partial charge in [0.25, 0.3) is 30.4 Å². The molecule has 0 bridgehead atoms. The Morgan fingerprint density at radius 2 is 1.30 bits per heavy atom. The highest BCUT2D eigenvalue weighted by Crippen LogP contribution is 2.41. The standard InChI is InChI=1S/C23H29N7O3S.C15H30BrN5O3SSi.C14H14N2O/c1-15-14-16(6-10-24-15)18-4-5-20-19(9-13-33-20)21(18)25-22-26-23(28-27-22)34(31,32)30-11-7-17(8-12-30)29(2)3;1-19(2)13-6-8-20(9-7-13)25(22,23)15-17-14(16)18-21(15)12-24-10-11-26(3,4)5;1-9-8-10(4-6-16-9)11-2-3-13-12(14(11)15)5-7-17-13/h4-6,10,14,17H,7-9,11-13H2,1-3H3,(H2,25,26,27,28);13H,6-12H2,1-5H3;2-4,6,8H,5,7,15H2,1H3. The molecule has 0 radical (unpaired) electrons. The van der Waals surface area contributed by atoms with Crippen molar-refractivity contribution in [2.24, 2.45) is 0 Å². The highest BCUT2D eigenvalue weighted by Gasteiger charge is 2.35. The average Bonchev–Trinajstić information content (AvgIpc) is 4.26. The average molecular weight is 1180 g/mol. The van der Waals surface area contributed by atoms with Crippen LogP contribution in [0, 0.1) is 13.8 Å². The number of sulfonamides is 2. The molecule has 0 atom stereocenters. The SMILES string of the molecule is CN(C)C1CCN(S(=O)(=O)c2nc(Br)nn2COCC[Si](C)(C)C)CC1.Cc1cc(-c2ccc3c(c2N)CCO3)ccn1.Cc1cc(-c2ccc3c(c2Nc2n[nH]c(S(=O)(=O)N4CCC(N(C)C)CC4)n2)CCO3)ccn1. The first-order valence-electron chi connectivity index (χ1n) is 26.0. The first kappa shape index (κ1) is 57.8. The number of nitrogen functional groups attached to an aromatic ring is 1. The number of H-pyrrole nitrogens is 1. The molecule has 4 aliphatic rings. The first-order chi connectivity index (χ1) is 36.6. The van der Waals surface area contributed by atoms with Gasteiger partial charge < -0.3 is 35.1 Å². The van der Waals surface area contributed by atoms with Gasteiger partial charge in [0.05, 0.1) is 18.9 Å². The summed E-state index contributed by atoms with van der Waals surface area (Å²) < 4.78 is 73.8. The Hall–Kier alpha value is -5.38. The lowest BCUT2D eigenvalue weighted by atomic mass is 9.99. The van der Waals surface area contributed by atoms with E-state index in [-0.39, 0.29) is 27.7 Å². The maximum atomic E-state index is 13.2. The number of nitrogens with zero attached hydrogens (tertiary/aromatic N) is 11. The molecule has 0 spiro atoms. The number of nitrogens with two attached hydrogens (primary N) is 1. The van der Waals surface area contributed by atoms with Gasteiger partial charge in [-0.3, -0.25) is 9.97 Å². The van der Waals surface area contributed by atoms with Crippen LogP contribution in [0.25, 0.3) is 22.3 Å². The first-order valence-corrected chi connectivity index (χ1v) is 33.4. The number of ether oxygens (including phenoxy) is 3.